The molecule has 0 aliphatic rings. The number of rotatable bonds is 4. The predicted octanol–water partition coefficient (Wildman–Crippen LogP) is 4.46. The van der Waals surface area contributed by atoms with Crippen LogP contribution in [-0.4, -0.2) is 24.3 Å². The molecule has 0 saturated carbocycles. The lowest BCUT2D eigenvalue weighted by molar-refractivity contribution is 0.0976. The van der Waals surface area contributed by atoms with Crippen LogP contribution in [0.3, 0.4) is 0 Å². The van der Waals surface area contributed by atoms with Gasteiger partial charge in [-0.05, 0) is 37.3 Å². The number of hydrogen-bond acceptors (Lipinski definition) is 4. The second-order valence-electron chi connectivity index (χ2n) is 5.55. The molecule has 0 unspecified atom stereocenters. The smallest absolute Gasteiger partial charge is 0.285 e. The van der Waals surface area contributed by atoms with Crippen LogP contribution in [0.25, 0.3) is 11.4 Å². The van der Waals surface area contributed by atoms with Crippen LogP contribution in [0, 0.1) is 6.92 Å². The van der Waals surface area contributed by atoms with Gasteiger partial charge in [-0.15, -0.1) is 0 Å². The summed E-state index contributed by atoms with van der Waals surface area (Å²) < 4.78 is 26.8. The second-order valence-corrected chi connectivity index (χ2v) is 8.43. The van der Waals surface area contributed by atoms with E-state index in [1.807, 2.05) is 4.72 Å². The minimum Gasteiger partial charge on any atom is -0.341 e. The maximum Gasteiger partial charge on any atom is 0.285 e. The fourth-order valence-electron chi connectivity index (χ4n) is 2.35. The zero-order valence-corrected chi connectivity index (χ0v) is 16.8. The summed E-state index contributed by atoms with van der Waals surface area (Å²) >= 11 is 17.8. The molecule has 1 aromatic heterocycles. The highest BCUT2D eigenvalue weighted by atomic mass is 35.5. The van der Waals surface area contributed by atoms with E-state index < -0.39 is 15.9 Å². The first-order valence-corrected chi connectivity index (χ1v) is 10.1. The van der Waals surface area contributed by atoms with Crippen molar-refractivity contribution >= 4 is 50.7 Å². The highest BCUT2D eigenvalue weighted by Crippen LogP contribution is 2.28. The Bertz CT molecular complexity index is 1140. The zero-order valence-electron chi connectivity index (χ0n) is 13.8. The first-order valence-electron chi connectivity index (χ1n) is 7.53. The monoisotopic (exact) mass is 443 g/mol. The number of halogens is 3. The zero-order chi connectivity index (χ0) is 19.8. The van der Waals surface area contributed by atoms with Crippen LogP contribution < -0.4 is 4.72 Å². The molecule has 0 bridgehead atoms. The molecule has 10 heteroatoms. The highest BCUT2D eigenvalue weighted by Gasteiger charge is 2.24. The summed E-state index contributed by atoms with van der Waals surface area (Å²) in [7, 11) is -4.15. The Labute approximate surface area is 170 Å². The van der Waals surface area contributed by atoms with Gasteiger partial charge >= 0.3 is 0 Å². The molecular formula is C17H12Cl3N3O3S. The molecule has 0 spiro atoms. The summed E-state index contributed by atoms with van der Waals surface area (Å²) in [6, 6.07) is 10.7. The average Bonchev–Trinajstić information content (AvgIpc) is 2.99. The van der Waals surface area contributed by atoms with Crippen LogP contribution in [-0.2, 0) is 10.0 Å². The van der Waals surface area contributed by atoms with Crippen molar-refractivity contribution in [1.82, 2.24) is 14.7 Å². The van der Waals surface area contributed by atoms with Crippen molar-refractivity contribution in [3.63, 3.8) is 0 Å². The van der Waals surface area contributed by atoms with Gasteiger partial charge in [0.2, 0.25) is 0 Å². The van der Waals surface area contributed by atoms with E-state index in [0.29, 0.717) is 27.1 Å². The normalized spacial score (nSPS) is 11.4. The van der Waals surface area contributed by atoms with Gasteiger partial charge in [-0.2, -0.15) is 0 Å². The summed E-state index contributed by atoms with van der Waals surface area (Å²) in [5.41, 5.74) is 0.926. The van der Waals surface area contributed by atoms with E-state index in [4.69, 9.17) is 34.8 Å². The van der Waals surface area contributed by atoms with Crippen molar-refractivity contribution in [2.24, 2.45) is 0 Å². The molecule has 2 N–H and O–H groups in total. The molecule has 0 aliphatic heterocycles. The third-order valence-electron chi connectivity index (χ3n) is 3.65. The number of aromatic amines is 1. The van der Waals surface area contributed by atoms with Crippen molar-refractivity contribution in [2.75, 3.05) is 0 Å². The predicted molar refractivity (Wildman–Crippen MR) is 105 cm³/mol. The molecule has 0 atom stereocenters. The summed E-state index contributed by atoms with van der Waals surface area (Å²) in [6.07, 6.45) is 0. The minimum atomic E-state index is -4.15. The Morgan fingerprint density at radius 1 is 1.04 bits per heavy atom. The SMILES string of the molecule is Cc1[nH]c(-c2ccc(Cl)c(Cl)c2)nc1C(=O)NS(=O)(=O)c1ccccc1Cl. The second kappa shape index (κ2) is 7.52. The molecular weight excluding hydrogens is 433 g/mol. The number of benzene rings is 2. The van der Waals surface area contributed by atoms with E-state index in [-0.39, 0.29) is 15.6 Å². The van der Waals surface area contributed by atoms with Crippen molar-refractivity contribution in [3.05, 3.63) is 68.9 Å². The van der Waals surface area contributed by atoms with Crippen molar-refractivity contribution in [3.8, 4) is 11.4 Å². The van der Waals surface area contributed by atoms with Crippen molar-refractivity contribution in [2.45, 2.75) is 11.8 Å². The molecule has 0 radical (unpaired) electrons. The largest absolute Gasteiger partial charge is 0.341 e. The van der Waals surface area contributed by atoms with E-state index in [0.717, 1.165) is 0 Å². The number of amides is 1. The standard InChI is InChI=1S/C17H12Cl3N3O3S/c1-9-15(22-16(21-9)10-6-7-11(18)13(20)8-10)17(24)23-27(25,26)14-5-3-2-4-12(14)19/h2-8H,1H3,(H,21,22)(H,23,24). The van der Waals surface area contributed by atoms with Gasteiger partial charge in [0.1, 0.15) is 10.7 Å². The van der Waals surface area contributed by atoms with Crippen LogP contribution in [0.15, 0.2) is 47.4 Å². The van der Waals surface area contributed by atoms with E-state index in [9.17, 15) is 13.2 Å². The number of nitrogens with one attached hydrogen (secondary N) is 2. The number of imidazole rings is 1. The van der Waals surface area contributed by atoms with Crippen LogP contribution in [0.5, 0.6) is 0 Å². The van der Waals surface area contributed by atoms with Crippen LogP contribution in [0.4, 0.5) is 0 Å². The third-order valence-corrected chi connectivity index (χ3v) is 6.22. The highest BCUT2D eigenvalue weighted by molar-refractivity contribution is 7.90. The fourth-order valence-corrected chi connectivity index (χ4v) is 4.12. The number of aryl methyl sites for hydroxylation is 1. The van der Waals surface area contributed by atoms with Gasteiger partial charge in [0.25, 0.3) is 15.9 Å². The van der Waals surface area contributed by atoms with Gasteiger partial charge in [0, 0.05) is 11.3 Å². The van der Waals surface area contributed by atoms with E-state index in [1.165, 1.54) is 18.2 Å². The number of carbonyl (C=O) groups is 1. The summed E-state index contributed by atoms with van der Waals surface area (Å²) in [5, 5.41) is 0.719. The molecule has 6 nitrogen and oxygen atoms in total. The lowest BCUT2D eigenvalue weighted by Gasteiger charge is -2.07. The van der Waals surface area contributed by atoms with E-state index in [2.05, 4.69) is 9.97 Å². The lowest BCUT2D eigenvalue weighted by atomic mass is 10.2. The van der Waals surface area contributed by atoms with Gasteiger partial charge in [-0.3, -0.25) is 4.79 Å². The Morgan fingerprint density at radius 2 is 1.74 bits per heavy atom. The number of hydrogen-bond donors (Lipinski definition) is 2. The maximum absolute atomic E-state index is 12.5. The van der Waals surface area contributed by atoms with Crippen LogP contribution in [0.1, 0.15) is 16.2 Å². The molecule has 1 amide bonds. The van der Waals surface area contributed by atoms with E-state index in [1.54, 1.807) is 31.2 Å². The number of nitrogens with zero attached hydrogens (tertiary/aromatic N) is 1. The average molecular weight is 445 g/mol. The molecule has 3 rings (SSSR count). The number of carbonyl (C=O) groups excluding carboxylic acids is 1. The maximum atomic E-state index is 12.5. The van der Waals surface area contributed by atoms with Gasteiger partial charge in [-0.1, -0.05) is 46.9 Å². The van der Waals surface area contributed by atoms with Gasteiger partial charge in [0.05, 0.1) is 15.1 Å². The number of aromatic nitrogens is 2. The molecule has 0 fully saturated rings. The van der Waals surface area contributed by atoms with E-state index >= 15 is 0 Å². The minimum absolute atomic E-state index is 0.00745. The molecule has 3 aromatic rings. The van der Waals surface area contributed by atoms with Gasteiger partial charge in [-0.25, -0.2) is 18.1 Å². The molecule has 27 heavy (non-hydrogen) atoms. The van der Waals surface area contributed by atoms with Gasteiger partial charge in [0.15, 0.2) is 5.69 Å². The lowest BCUT2D eigenvalue weighted by Crippen LogP contribution is -2.31. The summed E-state index contributed by atoms with van der Waals surface area (Å²) in [6.45, 7) is 1.60. The van der Waals surface area contributed by atoms with Gasteiger partial charge < -0.3 is 4.98 Å². The first-order chi connectivity index (χ1) is 12.7. The molecule has 0 saturated heterocycles. The summed E-state index contributed by atoms with van der Waals surface area (Å²) in [4.78, 5) is 19.4. The van der Waals surface area contributed by atoms with Crippen LogP contribution >= 0.6 is 34.8 Å². The molecule has 140 valence electrons. The Morgan fingerprint density at radius 3 is 2.41 bits per heavy atom. The third kappa shape index (κ3) is 4.11. The topological polar surface area (TPSA) is 91.9 Å². The quantitative estimate of drug-likeness (QED) is 0.621. The number of sulfonamides is 1. The number of H-pyrrole nitrogens is 1. The molecule has 2 aromatic carbocycles. The van der Waals surface area contributed by atoms with Crippen molar-refractivity contribution < 1.29 is 13.2 Å². The summed E-state index contributed by atoms with van der Waals surface area (Å²) in [5.74, 6) is -0.527. The molecule has 0 aliphatic carbocycles. The Kier molecular flexibility index (Phi) is 5.48. The fraction of sp³-hybridized carbons (Fsp3) is 0.0588. The molecule has 1 heterocycles. The van der Waals surface area contributed by atoms with Crippen molar-refractivity contribution in [1.29, 1.82) is 0 Å². The first kappa shape index (κ1) is 19.7. The Balaban J connectivity index is 1.91. The van der Waals surface area contributed by atoms with Crippen LogP contribution in [0.2, 0.25) is 15.1 Å². The Hall–Kier alpha value is -2.06.